The average molecular weight is 345 g/mol. The first kappa shape index (κ1) is 18.3. The van der Waals surface area contributed by atoms with E-state index in [0.29, 0.717) is 25.2 Å². The van der Waals surface area contributed by atoms with Gasteiger partial charge in [0, 0.05) is 31.0 Å². The van der Waals surface area contributed by atoms with E-state index in [1.807, 2.05) is 24.5 Å². The molecule has 2 fully saturated rings. The average Bonchev–Trinajstić information content (AvgIpc) is 2.68. The molecule has 138 valence electrons. The van der Waals surface area contributed by atoms with Gasteiger partial charge in [0.15, 0.2) is 0 Å². The number of nitrogens with zero attached hydrogens (tertiary/aromatic N) is 3. The van der Waals surface area contributed by atoms with Gasteiger partial charge in [-0.25, -0.2) is 0 Å². The van der Waals surface area contributed by atoms with Crippen LogP contribution in [-0.2, 0) is 11.3 Å². The molecule has 0 aromatic carbocycles. The summed E-state index contributed by atoms with van der Waals surface area (Å²) in [6.07, 6.45) is 12.0. The van der Waals surface area contributed by atoms with Gasteiger partial charge in [0.25, 0.3) is 0 Å². The molecule has 1 aliphatic heterocycles. The third kappa shape index (κ3) is 5.25. The first-order valence-electron chi connectivity index (χ1n) is 9.83. The topological polar surface area (TPSA) is 48.5 Å². The number of nitrogens with one attached hydrogen (secondary N) is 1. The molecular weight excluding hydrogens is 312 g/mol. The predicted octanol–water partition coefficient (Wildman–Crippen LogP) is 2.43. The minimum Gasteiger partial charge on any atom is -0.334 e. The van der Waals surface area contributed by atoms with Crippen LogP contribution in [0.4, 0.5) is 0 Å². The third-order valence-electron chi connectivity index (χ3n) is 5.75. The number of hydrogen-bond acceptors (Lipinski definition) is 4. The highest BCUT2D eigenvalue weighted by atomic mass is 16.2. The lowest BCUT2D eigenvalue weighted by molar-refractivity contribution is -0.136. The van der Waals surface area contributed by atoms with Gasteiger partial charge < -0.3 is 10.2 Å². The molecule has 5 heteroatoms. The highest BCUT2D eigenvalue weighted by Gasteiger charge is 2.28. The number of rotatable bonds is 6. The number of hydrogen-bond donors (Lipinski definition) is 1. The Kier molecular flexibility index (Phi) is 6.82. The summed E-state index contributed by atoms with van der Waals surface area (Å²) in [7, 11) is 2.11. The summed E-state index contributed by atoms with van der Waals surface area (Å²) in [5.74, 6) is 0.282. The summed E-state index contributed by atoms with van der Waals surface area (Å²) >= 11 is 0. The summed E-state index contributed by atoms with van der Waals surface area (Å²) in [4.78, 5) is 21.7. The molecule has 2 heterocycles. The molecule has 3 rings (SSSR count). The van der Waals surface area contributed by atoms with Gasteiger partial charge in [0.2, 0.25) is 5.91 Å². The van der Waals surface area contributed by atoms with E-state index in [-0.39, 0.29) is 5.91 Å². The zero-order valence-electron chi connectivity index (χ0n) is 15.5. The van der Waals surface area contributed by atoms with Gasteiger partial charge >= 0.3 is 0 Å². The minimum absolute atomic E-state index is 0.282. The normalized spacial score (nSPS) is 19.9. The molecule has 1 saturated carbocycles. The van der Waals surface area contributed by atoms with Crippen LogP contribution in [0.3, 0.4) is 0 Å². The second-order valence-electron chi connectivity index (χ2n) is 7.57. The lowest BCUT2D eigenvalue weighted by atomic mass is 9.93. The van der Waals surface area contributed by atoms with Gasteiger partial charge in [-0.05, 0) is 63.5 Å². The number of aromatic nitrogens is 1. The van der Waals surface area contributed by atoms with Crippen LogP contribution in [0.1, 0.15) is 50.5 Å². The maximum absolute atomic E-state index is 13.2. The van der Waals surface area contributed by atoms with Crippen molar-refractivity contribution < 1.29 is 4.79 Å². The molecule has 0 atom stereocenters. The Morgan fingerprint density at radius 3 is 2.44 bits per heavy atom. The number of carbonyl (C=O) groups is 1. The smallest absolute Gasteiger partial charge is 0.237 e. The largest absolute Gasteiger partial charge is 0.334 e. The van der Waals surface area contributed by atoms with E-state index in [1.165, 1.54) is 24.8 Å². The molecular formula is C20H32N4O. The molecule has 0 bridgehead atoms. The minimum atomic E-state index is 0.282. The number of piperidine rings is 1. The fraction of sp³-hybridized carbons (Fsp3) is 0.700. The molecule has 5 nitrogen and oxygen atoms in total. The highest BCUT2D eigenvalue weighted by Crippen LogP contribution is 2.24. The van der Waals surface area contributed by atoms with Crippen molar-refractivity contribution in [3.05, 3.63) is 30.1 Å². The summed E-state index contributed by atoms with van der Waals surface area (Å²) < 4.78 is 0. The zero-order valence-corrected chi connectivity index (χ0v) is 15.5. The fourth-order valence-electron chi connectivity index (χ4n) is 4.18. The van der Waals surface area contributed by atoms with Crippen molar-refractivity contribution in [1.29, 1.82) is 0 Å². The lowest BCUT2D eigenvalue weighted by Gasteiger charge is -2.37. The Morgan fingerprint density at radius 2 is 1.76 bits per heavy atom. The van der Waals surface area contributed by atoms with Gasteiger partial charge in [-0.1, -0.05) is 19.3 Å². The summed E-state index contributed by atoms with van der Waals surface area (Å²) in [5.41, 5.74) is 1.18. The highest BCUT2D eigenvalue weighted by molar-refractivity contribution is 5.78. The first-order chi connectivity index (χ1) is 12.2. The predicted molar refractivity (Wildman–Crippen MR) is 100 cm³/mol. The van der Waals surface area contributed by atoms with E-state index in [9.17, 15) is 4.79 Å². The number of pyridine rings is 1. The van der Waals surface area contributed by atoms with Crippen molar-refractivity contribution in [2.75, 3.05) is 26.7 Å². The monoisotopic (exact) mass is 344 g/mol. The Labute approximate surface area is 151 Å². The van der Waals surface area contributed by atoms with Crippen LogP contribution in [0.15, 0.2) is 24.5 Å². The summed E-state index contributed by atoms with van der Waals surface area (Å²) in [5, 5.41) is 3.40. The van der Waals surface area contributed by atoms with Crippen molar-refractivity contribution in [3.8, 4) is 0 Å². The maximum atomic E-state index is 13.2. The summed E-state index contributed by atoms with van der Waals surface area (Å²) in [6.45, 7) is 3.37. The maximum Gasteiger partial charge on any atom is 0.237 e. The second-order valence-corrected chi connectivity index (χ2v) is 7.57. The summed E-state index contributed by atoms with van der Waals surface area (Å²) in [6, 6.07) is 4.98. The van der Waals surface area contributed by atoms with Gasteiger partial charge in [-0.15, -0.1) is 0 Å². The number of amides is 1. The van der Waals surface area contributed by atoms with E-state index in [4.69, 9.17) is 0 Å². The molecule has 1 amide bonds. The van der Waals surface area contributed by atoms with Crippen molar-refractivity contribution in [2.24, 2.45) is 0 Å². The zero-order chi connectivity index (χ0) is 17.5. The Bertz CT molecular complexity index is 524. The van der Waals surface area contributed by atoms with Crippen LogP contribution >= 0.6 is 0 Å². The standard InChI is InChI=1S/C20H32N4O/c1-23(18-9-13-22-14-10-18)16-20(25)24(19-5-3-2-4-6-19)15-17-7-11-21-12-8-17/h7-8,11-12,18-19,22H,2-6,9-10,13-16H2,1H3. The van der Waals surface area contributed by atoms with E-state index in [0.717, 1.165) is 38.8 Å². The second kappa shape index (κ2) is 9.30. The quantitative estimate of drug-likeness (QED) is 0.861. The van der Waals surface area contributed by atoms with Crippen molar-refractivity contribution in [3.63, 3.8) is 0 Å². The van der Waals surface area contributed by atoms with Gasteiger partial charge in [0.05, 0.1) is 6.54 Å². The molecule has 1 aromatic heterocycles. The molecule has 0 spiro atoms. The van der Waals surface area contributed by atoms with Gasteiger partial charge in [0.1, 0.15) is 0 Å². The molecule has 0 unspecified atom stereocenters. The first-order valence-corrected chi connectivity index (χ1v) is 9.83. The molecule has 1 aliphatic carbocycles. The fourth-order valence-corrected chi connectivity index (χ4v) is 4.18. The van der Waals surface area contributed by atoms with E-state index in [2.05, 4.69) is 27.1 Å². The molecule has 0 radical (unpaired) electrons. The van der Waals surface area contributed by atoms with Crippen LogP contribution in [0.2, 0.25) is 0 Å². The Morgan fingerprint density at radius 1 is 1.08 bits per heavy atom. The molecule has 25 heavy (non-hydrogen) atoms. The Balaban J connectivity index is 1.65. The lowest BCUT2D eigenvalue weighted by Crippen LogP contribution is -2.49. The van der Waals surface area contributed by atoms with Crippen LogP contribution in [0.5, 0.6) is 0 Å². The third-order valence-corrected chi connectivity index (χ3v) is 5.75. The van der Waals surface area contributed by atoms with Crippen LogP contribution < -0.4 is 5.32 Å². The van der Waals surface area contributed by atoms with Crippen molar-refractivity contribution in [1.82, 2.24) is 20.1 Å². The van der Waals surface area contributed by atoms with E-state index in [1.54, 1.807) is 0 Å². The van der Waals surface area contributed by atoms with Crippen LogP contribution in [0, 0.1) is 0 Å². The van der Waals surface area contributed by atoms with Gasteiger partial charge in [-0.3, -0.25) is 14.7 Å². The molecule has 1 aromatic rings. The number of carbonyl (C=O) groups excluding carboxylic acids is 1. The molecule has 2 aliphatic rings. The van der Waals surface area contributed by atoms with Crippen LogP contribution in [0.25, 0.3) is 0 Å². The SMILES string of the molecule is CN(CC(=O)N(Cc1ccncc1)C1CCCCC1)C1CCNCC1. The van der Waals surface area contributed by atoms with Crippen LogP contribution in [-0.4, -0.2) is 59.5 Å². The number of likely N-dealkylation sites (N-methyl/N-ethyl adjacent to an activating group) is 1. The van der Waals surface area contributed by atoms with Crippen molar-refractivity contribution in [2.45, 2.75) is 63.6 Å². The Hall–Kier alpha value is -1.46. The molecule has 1 N–H and O–H groups in total. The molecule has 1 saturated heterocycles. The van der Waals surface area contributed by atoms with Gasteiger partial charge in [-0.2, -0.15) is 0 Å². The van der Waals surface area contributed by atoms with E-state index < -0.39 is 0 Å². The van der Waals surface area contributed by atoms with E-state index >= 15 is 0 Å². The van der Waals surface area contributed by atoms with Crippen molar-refractivity contribution >= 4 is 5.91 Å².